The van der Waals surface area contributed by atoms with Gasteiger partial charge in [0.05, 0.1) is 13.9 Å². The number of Topliss-reactive ketones (excluding diaryl/α,β-unsaturated/α-hetero) is 1. The third-order valence-corrected chi connectivity index (χ3v) is 5.62. The number of ether oxygens (including phenoxy) is 1. The maximum atomic E-state index is 11.6. The van der Waals surface area contributed by atoms with Crippen LogP contribution in [0.5, 0.6) is 0 Å². The van der Waals surface area contributed by atoms with E-state index in [0.717, 1.165) is 12.5 Å². The van der Waals surface area contributed by atoms with Crippen molar-refractivity contribution in [2.24, 2.45) is 10.8 Å². The van der Waals surface area contributed by atoms with Crippen LogP contribution in [0.1, 0.15) is 125 Å². The van der Waals surface area contributed by atoms with Crippen molar-refractivity contribution in [3.63, 3.8) is 0 Å². The number of ketones is 1. The molecule has 4 aromatic carbocycles. The molecule has 0 bridgehead atoms. The SMILES string of the molecule is CC(C)(C(F)(F)F)C(F)(F)F.CC(C)(C)C.CC(C)=O.CCC.CCC.CCF.CF.COC.CS(C)(=O)=O.CSC.Cc1cc[c-]cc1.Cc1cc[c-]cc1.Cc1ccc(-c2ccc(C)cc2)cc1.[Y]. The second-order valence-corrected chi connectivity index (χ2v) is 20.2. The van der Waals surface area contributed by atoms with Crippen molar-refractivity contribution < 1.29 is 85.8 Å². The summed E-state index contributed by atoms with van der Waals surface area (Å²) in [6.07, 6.45) is -1.59. The van der Waals surface area contributed by atoms with E-state index in [-0.39, 0.29) is 59.0 Å². The van der Waals surface area contributed by atoms with Crippen LogP contribution in [-0.2, 0) is 52.1 Å². The summed E-state index contributed by atoms with van der Waals surface area (Å²) in [5.41, 5.74) is 4.64. The second kappa shape index (κ2) is 58.2. The summed E-state index contributed by atoms with van der Waals surface area (Å²) in [5, 5.41) is 0. The largest absolute Gasteiger partial charge is 0.402 e. The van der Waals surface area contributed by atoms with Gasteiger partial charge in [0.2, 0.25) is 0 Å². The number of halogens is 8. The average molecular weight is 1140 g/mol. The first-order valence-corrected chi connectivity index (χ1v) is 26.3. The summed E-state index contributed by atoms with van der Waals surface area (Å²) < 4.78 is 113. The van der Waals surface area contributed by atoms with E-state index in [2.05, 4.69) is 148 Å². The first kappa shape index (κ1) is 91.1. The molecule has 0 spiro atoms. The number of carbonyl (C=O) groups excluding carboxylic acids is 1. The van der Waals surface area contributed by atoms with Crippen LogP contribution in [0.3, 0.4) is 0 Å². The maximum absolute atomic E-state index is 11.6. The fourth-order valence-electron chi connectivity index (χ4n) is 2.59. The predicted molar refractivity (Wildman–Crippen MR) is 293 cm³/mol. The Hall–Kier alpha value is -2.65. The summed E-state index contributed by atoms with van der Waals surface area (Å²) in [5.74, 6) is 0.167. The van der Waals surface area contributed by atoms with Gasteiger partial charge in [0, 0.05) is 59.4 Å². The standard InChI is InChI=1S/C14H14.2C7H7.C5H6F6.C5H12.C3H6O.2C3H8.C2H5F.C2H6O2S.C2H6O.C2H6S.CH3F.Y/c1-11-3-7-13(8-4-11)14-9-5-12(2)6-10-14;2*1-7-5-3-2-4-6-7;1-3(2,4(6,7)8)5(9,10)11;1-5(2,3)4;1-3(2)4;2*1-3-2;1-2-3;1-5(2,3)4;2*1-3-2;1-2;/h3-10H,1-2H3;2*3-6H,1H3;1-2H3;1-4H3;1-2H3;2*3H2,1-2H3;2H2,1H3;1-2H3;2*1-2H3;1H3;/q;2*-1;;;;;;;;;;;. The van der Waals surface area contributed by atoms with E-state index in [9.17, 15) is 48.3 Å². The molecule has 4 aromatic rings. The van der Waals surface area contributed by atoms with Crippen molar-refractivity contribution in [2.75, 3.05) is 53.1 Å². The predicted octanol–water partition coefficient (Wildman–Crippen LogP) is 18.6. The molecule has 0 aromatic heterocycles. The molecule has 0 saturated carbocycles. The number of carbonyl (C=O) groups is 1. The summed E-state index contributed by atoms with van der Waals surface area (Å²) >= 11 is 1.75. The Morgan fingerprint density at radius 2 is 0.676 bits per heavy atom. The molecule has 415 valence electrons. The van der Waals surface area contributed by atoms with Gasteiger partial charge in [-0.15, -0.1) is 0 Å². The van der Waals surface area contributed by atoms with Gasteiger partial charge in [-0.05, 0) is 77.5 Å². The van der Waals surface area contributed by atoms with Crippen molar-refractivity contribution in [1.29, 1.82) is 0 Å². The van der Waals surface area contributed by atoms with Gasteiger partial charge in [0.1, 0.15) is 15.6 Å². The Morgan fingerprint density at radius 3 is 0.761 bits per heavy atom. The van der Waals surface area contributed by atoms with Crippen LogP contribution < -0.4 is 0 Å². The zero-order valence-corrected chi connectivity index (χ0v) is 52.4. The van der Waals surface area contributed by atoms with Crippen LogP contribution in [0.25, 0.3) is 11.1 Å². The van der Waals surface area contributed by atoms with Gasteiger partial charge in [0.25, 0.3) is 0 Å². The number of sulfone groups is 1. The van der Waals surface area contributed by atoms with E-state index < -0.39 is 27.6 Å². The topological polar surface area (TPSA) is 60.4 Å². The molecule has 0 aliphatic rings. The molecule has 0 N–H and O–H groups in total. The van der Waals surface area contributed by atoms with E-state index in [1.54, 1.807) is 26.0 Å². The van der Waals surface area contributed by atoms with E-state index >= 15 is 0 Å². The van der Waals surface area contributed by atoms with Crippen molar-refractivity contribution in [1.82, 2.24) is 0 Å². The van der Waals surface area contributed by atoms with Crippen LogP contribution in [-0.4, -0.2) is 79.6 Å². The van der Waals surface area contributed by atoms with Gasteiger partial charge in [-0.2, -0.15) is 110 Å². The number of hydrogen-bond donors (Lipinski definition) is 0. The van der Waals surface area contributed by atoms with Crippen LogP contribution in [0.4, 0.5) is 35.1 Å². The Bertz CT molecular complexity index is 1610. The van der Waals surface area contributed by atoms with Crippen LogP contribution in [0, 0.1) is 50.7 Å². The normalized spacial score (nSPS) is 9.46. The summed E-state index contributed by atoms with van der Waals surface area (Å²) in [6, 6.07) is 38.9. The van der Waals surface area contributed by atoms with Gasteiger partial charge in [-0.1, -0.05) is 142 Å². The molecule has 0 heterocycles. The number of methoxy groups -OCH3 is 1. The minimum atomic E-state index is -5.24. The molecule has 4 nitrogen and oxygen atoms in total. The molecular formula is C56H94F8O4S2Y-2. The minimum Gasteiger partial charge on any atom is -0.388 e. The first-order chi connectivity index (χ1) is 31.8. The van der Waals surface area contributed by atoms with Gasteiger partial charge < -0.3 is 9.53 Å². The molecule has 71 heavy (non-hydrogen) atoms. The molecule has 4 rings (SSSR count). The summed E-state index contributed by atoms with van der Waals surface area (Å²) in [7, 11) is 1.08. The van der Waals surface area contributed by atoms with Crippen molar-refractivity contribution in [2.45, 2.75) is 143 Å². The third kappa shape index (κ3) is 93.9. The second-order valence-electron chi connectivity index (χ2n) is 17.1. The van der Waals surface area contributed by atoms with Crippen molar-refractivity contribution >= 4 is 27.4 Å². The molecule has 0 atom stereocenters. The van der Waals surface area contributed by atoms with E-state index in [4.69, 9.17) is 0 Å². The Kier molecular flexibility index (Phi) is 74.7. The van der Waals surface area contributed by atoms with E-state index in [1.807, 2.05) is 61.0 Å². The fraction of sp³-hybridized carbons (Fsp3) is 0.554. The smallest absolute Gasteiger partial charge is 0.388 e. The molecule has 1 radical (unpaired) electrons. The van der Waals surface area contributed by atoms with Gasteiger partial charge >= 0.3 is 12.4 Å². The summed E-state index contributed by atoms with van der Waals surface area (Å²) in [4.78, 5) is 9.44. The van der Waals surface area contributed by atoms with Gasteiger partial charge in [-0.25, -0.2) is 8.42 Å². The molecular weight excluding hydrogens is 1040 g/mol. The minimum absolute atomic E-state index is 0. The monoisotopic (exact) mass is 1140 g/mol. The fourth-order valence-corrected chi connectivity index (χ4v) is 2.59. The van der Waals surface area contributed by atoms with Crippen LogP contribution in [0.2, 0.25) is 0 Å². The summed E-state index contributed by atoms with van der Waals surface area (Å²) in [6.45, 7) is 30.1. The number of alkyl halides is 8. The molecule has 15 heteroatoms. The quantitative estimate of drug-likeness (QED) is 0.140. The molecule has 0 unspecified atom stereocenters. The molecule has 0 amide bonds. The third-order valence-electron chi connectivity index (χ3n) is 5.62. The molecule has 0 aliphatic heterocycles. The van der Waals surface area contributed by atoms with Crippen LogP contribution >= 0.6 is 11.8 Å². The van der Waals surface area contributed by atoms with Crippen molar-refractivity contribution in [3.8, 4) is 11.1 Å². The number of hydrogen-bond acceptors (Lipinski definition) is 5. The Morgan fingerprint density at radius 1 is 0.549 bits per heavy atom. The van der Waals surface area contributed by atoms with E-state index in [0.29, 0.717) is 12.6 Å². The first-order valence-electron chi connectivity index (χ1n) is 22.3. The van der Waals surface area contributed by atoms with Crippen molar-refractivity contribution in [3.05, 3.63) is 131 Å². The zero-order valence-electron chi connectivity index (χ0n) is 47.9. The van der Waals surface area contributed by atoms with Gasteiger partial charge in [0.15, 0.2) is 5.41 Å². The number of aryl methyl sites for hydroxylation is 4. The Balaban J connectivity index is -0.0000000744. The average Bonchev–Trinajstić information content (AvgIpc) is 3.20. The molecule has 0 saturated heterocycles. The number of rotatable bonds is 1. The zero-order chi connectivity index (χ0) is 57.8. The van der Waals surface area contributed by atoms with Crippen LogP contribution in [0.15, 0.2) is 97.1 Å². The Labute approximate surface area is 459 Å². The van der Waals surface area contributed by atoms with Gasteiger partial charge in [-0.3, -0.25) is 8.78 Å². The molecule has 0 aliphatic carbocycles. The number of thioether (sulfide) groups is 1. The maximum Gasteiger partial charge on any atom is 0.402 e. The van der Waals surface area contributed by atoms with E-state index in [1.165, 1.54) is 67.0 Å². The molecule has 0 fully saturated rings. The number of benzene rings is 4.